The van der Waals surface area contributed by atoms with E-state index in [1.807, 2.05) is 0 Å². The number of imide groups is 1. The number of carbonyl (C=O) groups excluding carboxylic acids is 4. The number of hydrogen-bond acceptors (Lipinski definition) is 8. The number of esters is 1. The Morgan fingerprint density at radius 2 is 1.72 bits per heavy atom. The van der Waals surface area contributed by atoms with Crippen LogP contribution in [0.25, 0.3) is 10.9 Å². The maximum absolute atomic E-state index is 14.0. The number of carbonyl (C=O) groups is 4. The van der Waals surface area contributed by atoms with Crippen molar-refractivity contribution in [2.45, 2.75) is 44.8 Å². The average Bonchev–Trinajstić information content (AvgIpc) is 3.01. The van der Waals surface area contributed by atoms with E-state index in [2.05, 4.69) is 25.7 Å². The first-order chi connectivity index (χ1) is 21.9. The van der Waals surface area contributed by atoms with Crippen LogP contribution in [0, 0.1) is 6.92 Å². The van der Waals surface area contributed by atoms with Crippen molar-refractivity contribution in [3.05, 3.63) is 100 Å². The number of alkyl halides is 3. The van der Waals surface area contributed by atoms with Gasteiger partial charge in [-0.3, -0.25) is 24.3 Å². The largest absolute Gasteiger partial charge is 0.573 e. The SMILES string of the molecule is Cc1nc2ccc(CNC(=O)Nc3ccc(OC(F)(F)F)cc3)cc2c(=O)n1[C@@]1(C(=O)OCc2ccccc2)CCC(=O)NC1=O. The van der Waals surface area contributed by atoms with E-state index < -0.39 is 47.0 Å². The Morgan fingerprint density at radius 3 is 2.39 bits per heavy atom. The minimum absolute atomic E-state index is 0.0329. The van der Waals surface area contributed by atoms with Gasteiger partial charge in [0.15, 0.2) is 0 Å². The third-order valence-corrected chi connectivity index (χ3v) is 7.17. The number of hydrogen-bond donors (Lipinski definition) is 3. The van der Waals surface area contributed by atoms with E-state index in [0.717, 1.165) is 16.7 Å². The van der Waals surface area contributed by atoms with Gasteiger partial charge in [0.2, 0.25) is 11.4 Å². The predicted octanol–water partition coefficient (Wildman–Crippen LogP) is 3.80. The first-order valence-electron chi connectivity index (χ1n) is 13.8. The minimum Gasteiger partial charge on any atom is -0.459 e. The molecule has 4 aromatic rings. The molecular weight excluding hydrogens is 611 g/mol. The van der Waals surface area contributed by atoms with Crippen LogP contribution >= 0.6 is 0 Å². The Balaban J connectivity index is 1.38. The number of piperidine rings is 1. The molecule has 1 aliphatic rings. The summed E-state index contributed by atoms with van der Waals surface area (Å²) in [5, 5.41) is 7.23. The minimum atomic E-state index is -4.85. The van der Waals surface area contributed by atoms with Gasteiger partial charge in [0.25, 0.3) is 11.5 Å². The summed E-state index contributed by atoms with van der Waals surface area (Å²) in [5.41, 5.74) is -1.39. The van der Waals surface area contributed by atoms with Crippen LogP contribution in [0.4, 0.5) is 23.7 Å². The van der Waals surface area contributed by atoms with Crippen LogP contribution in [0.5, 0.6) is 5.75 Å². The van der Waals surface area contributed by atoms with Crippen molar-refractivity contribution in [2.75, 3.05) is 5.32 Å². The van der Waals surface area contributed by atoms with Gasteiger partial charge in [-0.2, -0.15) is 0 Å². The third kappa shape index (κ3) is 6.82. The van der Waals surface area contributed by atoms with Crippen LogP contribution in [0.1, 0.15) is 29.8 Å². The second kappa shape index (κ2) is 12.7. The highest BCUT2D eigenvalue weighted by molar-refractivity contribution is 6.13. The molecule has 1 aromatic heterocycles. The Kier molecular flexibility index (Phi) is 8.76. The number of aryl methyl sites for hydroxylation is 1. The maximum atomic E-state index is 14.0. The van der Waals surface area contributed by atoms with Crippen molar-refractivity contribution in [3.8, 4) is 5.75 Å². The topological polar surface area (TPSA) is 158 Å². The molecule has 0 saturated carbocycles. The number of nitrogens with one attached hydrogen (secondary N) is 3. The van der Waals surface area contributed by atoms with Crippen molar-refractivity contribution in [1.82, 2.24) is 20.2 Å². The van der Waals surface area contributed by atoms with Gasteiger partial charge < -0.3 is 20.1 Å². The van der Waals surface area contributed by atoms with Crippen molar-refractivity contribution >= 4 is 40.4 Å². The molecule has 5 rings (SSSR count). The van der Waals surface area contributed by atoms with Crippen LogP contribution in [0.3, 0.4) is 0 Å². The molecule has 0 aliphatic carbocycles. The van der Waals surface area contributed by atoms with Crippen LogP contribution in [-0.4, -0.2) is 39.7 Å². The quantitative estimate of drug-likeness (QED) is 0.150. The molecule has 3 aromatic carbocycles. The molecule has 1 fully saturated rings. The number of urea groups is 1. The third-order valence-electron chi connectivity index (χ3n) is 7.17. The highest BCUT2D eigenvalue weighted by Crippen LogP contribution is 2.30. The number of amides is 4. The van der Waals surface area contributed by atoms with Gasteiger partial charge in [-0.25, -0.2) is 14.6 Å². The molecule has 0 spiro atoms. The summed E-state index contributed by atoms with van der Waals surface area (Å²) in [7, 11) is 0. The van der Waals surface area contributed by atoms with Gasteiger partial charge in [-0.1, -0.05) is 36.4 Å². The van der Waals surface area contributed by atoms with Crippen molar-refractivity contribution in [3.63, 3.8) is 0 Å². The first-order valence-corrected chi connectivity index (χ1v) is 13.8. The van der Waals surface area contributed by atoms with Crippen LogP contribution in [0.15, 0.2) is 77.6 Å². The molecule has 3 N–H and O–H groups in total. The van der Waals surface area contributed by atoms with Gasteiger partial charge in [0.1, 0.15) is 18.2 Å². The fourth-order valence-electron chi connectivity index (χ4n) is 5.04. The molecule has 4 amide bonds. The monoisotopic (exact) mass is 637 g/mol. The molecule has 0 unspecified atom stereocenters. The Bertz CT molecular complexity index is 1880. The Hall–Kier alpha value is -5.73. The lowest BCUT2D eigenvalue weighted by Crippen LogP contribution is -2.62. The van der Waals surface area contributed by atoms with E-state index >= 15 is 0 Å². The summed E-state index contributed by atoms with van der Waals surface area (Å²) in [6.45, 7) is 1.20. The zero-order valence-corrected chi connectivity index (χ0v) is 24.1. The Labute approximate surface area is 258 Å². The van der Waals surface area contributed by atoms with E-state index in [4.69, 9.17) is 4.74 Å². The first kappa shape index (κ1) is 31.7. The number of aromatic nitrogens is 2. The zero-order chi connectivity index (χ0) is 33.1. The molecule has 1 atom stereocenters. The number of fused-ring (bicyclic) bond motifs is 1. The molecule has 0 bridgehead atoms. The molecule has 46 heavy (non-hydrogen) atoms. The maximum Gasteiger partial charge on any atom is 0.573 e. The zero-order valence-electron chi connectivity index (χ0n) is 24.1. The Morgan fingerprint density at radius 1 is 1.00 bits per heavy atom. The fourth-order valence-corrected chi connectivity index (χ4v) is 5.04. The normalized spacial score (nSPS) is 16.4. The number of halogens is 3. The molecule has 1 aliphatic heterocycles. The summed E-state index contributed by atoms with van der Waals surface area (Å²) in [4.78, 5) is 69.9. The van der Waals surface area contributed by atoms with E-state index in [1.54, 1.807) is 36.4 Å². The lowest BCUT2D eigenvalue weighted by atomic mass is 9.87. The van der Waals surface area contributed by atoms with Gasteiger partial charge in [0.05, 0.1) is 10.9 Å². The van der Waals surface area contributed by atoms with Gasteiger partial charge in [-0.05, 0) is 60.9 Å². The second-order valence-electron chi connectivity index (χ2n) is 10.3. The molecule has 15 heteroatoms. The number of anilines is 1. The predicted molar refractivity (Wildman–Crippen MR) is 156 cm³/mol. The summed E-state index contributed by atoms with van der Waals surface area (Å²) in [6, 6.07) is 17.2. The van der Waals surface area contributed by atoms with Gasteiger partial charge in [0, 0.05) is 18.7 Å². The smallest absolute Gasteiger partial charge is 0.459 e. The molecule has 2 heterocycles. The number of rotatable bonds is 8. The molecule has 12 nitrogen and oxygen atoms in total. The lowest BCUT2D eigenvalue weighted by molar-refractivity contribution is -0.274. The highest BCUT2D eigenvalue weighted by atomic mass is 19.4. The van der Waals surface area contributed by atoms with Gasteiger partial charge >= 0.3 is 18.4 Å². The summed E-state index contributed by atoms with van der Waals surface area (Å²) in [5.74, 6) is -3.06. The van der Waals surface area contributed by atoms with E-state index in [0.29, 0.717) is 11.1 Å². The average molecular weight is 638 g/mol. The number of benzene rings is 3. The number of nitrogens with zero attached hydrogens (tertiary/aromatic N) is 2. The molecular formula is C31H26F3N5O7. The standard InChI is InChI=1S/C31H26F3N5O7/c1-18-36-24-12-7-20(16-35-29(44)37-21-8-10-22(11-9-21)46-31(32,33)34)15-23(24)26(41)39(18)30(14-13-25(40)38-27(30)42)28(43)45-17-19-5-3-2-4-6-19/h2-12,15H,13-14,16-17H2,1H3,(H2,35,37,44)(H,38,40,42)/t30-/m0/s1. The van der Waals surface area contributed by atoms with Gasteiger partial charge in [-0.15, -0.1) is 13.2 Å². The fraction of sp³-hybridized carbons (Fsp3) is 0.226. The highest BCUT2D eigenvalue weighted by Gasteiger charge is 2.54. The molecule has 0 radical (unpaired) electrons. The van der Waals surface area contributed by atoms with Crippen molar-refractivity contribution in [1.29, 1.82) is 0 Å². The summed E-state index contributed by atoms with van der Waals surface area (Å²) < 4.78 is 47.4. The van der Waals surface area contributed by atoms with E-state index in [9.17, 15) is 37.1 Å². The molecule has 238 valence electrons. The van der Waals surface area contributed by atoms with Crippen LogP contribution < -0.4 is 26.2 Å². The van der Waals surface area contributed by atoms with Crippen LogP contribution in [-0.2, 0) is 37.8 Å². The lowest BCUT2D eigenvalue weighted by Gasteiger charge is -2.35. The molecule has 1 saturated heterocycles. The second-order valence-corrected chi connectivity index (χ2v) is 10.3. The van der Waals surface area contributed by atoms with E-state index in [1.165, 1.54) is 31.2 Å². The van der Waals surface area contributed by atoms with Crippen molar-refractivity contribution in [2.24, 2.45) is 0 Å². The summed E-state index contributed by atoms with van der Waals surface area (Å²) in [6.07, 6.45) is -5.41. The van der Waals surface area contributed by atoms with E-state index in [-0.39, 0.29) is 48.4 Å². The van der Waals surface area contributed by atoms with Crippen molar-refractivity contribution < 1.29 is 41.8 Å². The summed E-state index contributed by atoms with van der Waals surface area (Å²) >= 11 is 0. The number of ether oxygens (including phenoxy) is 2. The van der Waals surface area contributed by atoms with Crippen LogP contribution in [0.2, 0.25) is 0 Å².